The highest BCUT2D eigenvalue weighted by Gasteiger charge is 2.31. The minimum Gasteiger partial charge on any atom is -0.329 e. The van der Waals surface area contributed by atoms with E-state index in [1.165, 1.54) is 16.0 Å². The number of sulfonamides is 1. The van der Waals surface area contributed by atoms with Gasteiger partial charge in [0.15, 0.2) is 0 Å². The molecule has 6 nitrogen and oxygen atoms in total. The van der Waals surface area contributed by atoms with E-state index in [9.17, 15) is 13.2 Å². The van der Waals surface area contributed by atoms with E-state index in [0.717, 1.165) is 30.9 Å². The Balaban J connectivity index is 1.44. The summed E-state index contributed by atoms with van der Waals surface area (Å²) in [5, 5.41) is 2.80. The number of nitrogens with zero attached hydrogens (tertiary/aromatic N) is 1. The third kappa shape index (κ3) is 3.83. The average molecular weight is 401 g/mol. The number of anilines is 1. The van der Waals surface area contributed by atoms with Gasteiger partial charge in [-0.25, -0.2) is 8.42 Å². The molecular weight excluding hydrogens is 374 g/mol. The highest BCUT2D eigenvalue weighted by Crippen LogP contribution is 2.27. The lowest BCUT2D eigenvalue weighted by molar-refractivity contribution is -0.917. The number of piperazine rings is 1. The van der Waals surface area contributed by atoms with Crippen LogP contribution >= 0.6 is 0 Å². The monoisotopic (exact) mass is 400 g/mol. The zero-order chi connectivity index (χ0) is 19.7. The van der Waals surface area contributed by atoms with E-state index < -0.39 is 10.0 Å². The van der Waals surface area contributed by atoms with Crippen LogP contribution in [0.3, 0.4) is 0 Å². The van der Waals surface area contributed by atoms with E-state index in [4.69, 9.17) is 0 Å². The molecule has 2 aliphatic heterocycles. The minimum absolute atomic E-state index is 0.0177. The van der Waals surface area contributed by atoms with Crippen LogP contribution in [0.15, 0.2) is 47.4 Å². The smallest absolute Gasteiger partial charge is 0.243 e. The number of hydrogen-bond donors (Lipinski definition) is 2. The number of benzene rings is 2. The number of rotatable bonds is 4. The van der Waals surface area contributed by atoms with Crippen molar-refractivity contribution in [3.8, 4) is 0 Å². The van der Waals surface area contributed by atoms with Gasteiger partial charge in [0, 0.05) is 17.7 Å². The number of nitrogens with one attached hydrogen (secondary N) is 2. The molecule has 7 heteroatoms. The molecule has 1 saturated heterocycles. The first kappa shape index (κ1) is 19.1. The second kappa shape index (κ2) is 7.66. The van der Waals surface area contributed by atoms with Crippen LogP contribution in [0.2, 0.25) is 0 Å². The number of amides is 1. The Labute approximate surface area is 166 Å². The summed E-state index contributed by atoms with van der Waals surface area (Å²) in [7, 11) is -3.51. The number of hydrogen-bond acceptors (Lipinski definition) is 3. The van der Waals surface area contributed by atoms with Gasteiger partial charge in [-0.05, 0) is 42.7 Å². The van der Waals surface area contributed by atoms with Gasteiger partial charge in [0.1, 0.15) is 6.54 Å². The Morgan fingerprint density at radius 2 is 1.82 bits per heavy atom. The molecule has 0 aliphatic carbocycles. The first-order valence-corrected chi connectivity index (χ1v) is 11.2. The maximum atomic E-state index is 13.1. The van der Waals surface area contributed by atoms with Gasteiger partial charge in [0.25, 0.3) is 0 Å². The molecule has 0 unspecified atom stereocenters. The summed E-state index contributed by atoms with van der Waals surface area (Å²) in [5.41, 5.74) is 4.23. The molecule has 0 saturated carbocycles. The van der Waals surface area contributed by atoms with E-state index in [2.05, 4.69) is 30.4 Å². The van der Waals surface area contributed by atoms with Crippen LogP contribution < -0.4 is 10.2 Å². The molecule has 0 radical (unpaired) electrons. The summed E-state index contributed by atoms with van der Waals surface area (Å²) >= 11 is 0. The van der Waals surface area contributed by atoms with E-state index in [-0.39, 0.29) is 5.91 Å². The number of aryl methyl sites for hydroxylation is 2. The Morgan fingerprint density at radius 1 is 1.07 bits per heavy atom. The van der Waals surface area contributed by atoms with Gasteiger partial charge in [-0.3, -0.25) is 4.79 Å². The third-order valence-electron chi connectivity index (χ3n) is 5.74. The molecule has 2 aromatic carbocycles. The molecule has 0 spiro atoms. The molecule has 1 amide bonds. The van der Waals surface area contributed by atoms with Gasteiger partial charge in [-0.2, -0.15) is 4.31 Å². The van der Waals surface area contributed by atoms with E-state index in [1.54, 1.807) is 22.5 Å². The Hall–Kier alpha value is -2.22. The molecule has 1 fully saturated rings. The molecule has 2 N–H and O–H groups in total. The Kier molecular flexibility index (Phi) is 5.23. The summed E-state index contributed by atoms with van der Waals surface area (Å²) < 4.78 is 27.8. The van der Waals surface area contributed by atoms with Crippen LogP contribution in [0, 0.1) is 6.92 Å². The fourth-order valence-electron chi connectivity index (χ4n) is 3.97. The topological polar surface area (TPSA) is 70.9 Å². The van der Waals surface area contributed by atoms with Crippen molar-refractivity contribution in [3.63, 3.8) is 0 Å². The number of fused-ring (bicyclic) bond motifs is 1. The van der Waals surface area contributed by atoms with Crippen molar-refractivity contribution < 1.29 is 18.1 Å². The summed E-state index contributed by atoms with van der Waals surface area (Å²) in [4.78, 5) is 13.2. The number of carbonyl (C=O) groups excluding carboxylic acids is 1. The molecule has 0 aromatic heterocycles. The maximum Gasteiger partial charge on any atom is 0.243 e. The van der Waals surface area contributed by atoms with Gasteiger partial charge in [-0.15, -0.1) is 0 Å². The van der Waals surface area contributed by atoms with E-state index >= 15 is 0 Å². The third-order valence-corrected chi connectivity index (χ3v) is 7.64. The molecular formula is C21H26N3O3S+. The van der Waals surface area contributed by atoms with Gasteiger partial charge < -0.3 is 10.2 Å². The molecule has 2 aliphatic rings. The lowest BCUT2D eigenvalue weighted by Crippen LogP contribution is -3.13. The van der Waals surface area contributed by atoms with Crippen molar-refractivity contribution in [2.24, 2.45) is 0 Å². The van der Waals surface area contributed by atoms with Crippen LogP contribution in [0.5, 0.6) is 0 Å². The first-order valence-electron chi connectivity index (χ1n) is 9.74. The largest absolute Gasteiger partial charge is 0.329 e. The molecule has 0 atom stereocenters. The van der Waals surface area contributed by atoms with Crippen LogP contribution in [-0.4, -0.2) is 44.8 Å². The molecule has 4 rings (SSSR count). The summed E-state index contributed by atoms with van der Waals surface area (Å²) in [6.07, 6.45) is 0.982. The highest BCUT2D eigenvalue weighted by molar-refractivity contribution is 7.89. The van der Waals surface area contributed by atoms with Crippen LogP contribution in [0.25, 0.3) is 0 Å². The van der Waals surface area contributed by atoms with Gasteiger partial charge in [-0.1, -0.05) is 24.3 Å². The van der Waals surface area contributed by atoms with Gasteiger partial charge in [0.2, 0.25) is 15.9 Å². The average Bonchev–Trinajstić information content (AvgIpc) is 2.69. The molecule has 2 heterocycles. The quantitative estimate of drug-likeness (QED) is 0.804. The Bertz CT molecular complexity index is 996. The normalized spacial score (nSPS) is 18.5. The SMILES string of the molecule is Cc1ccccc1C[NH+]1CCN(S(=O)(=O)c2ccc3c(c2)CCC(=O)N3)CC1. The maximum absolute atomic E-state index is 13.1. The summed E-state index contributed by atoms with van der Waals surface area (Å²) in [5.74, 6) is -0.0177. The molecule has 148 valence electrons. The lowest BCUT2D eigenvalue weighted by atomic mass is 10.0. The first-order chi connectivity index (χ1) is 13.4. The van der Waals surface area contributed by atoms with Crippen LogP contribution in [-0.2, 0) is 27.8 Å². The predicted molar refractivity (Wildman–Crippen MR) is 108 cm³/mol. The van der Waals surface area contributed by atoms with Crippen molar-refractivity contribution in [1.29, 1.82) is 0 Å². The van der Waals surface area contributed by atoms with Crippen LogP contribution in [0.4, 0.5) is 5.69 Å². The van der Waals surface area contributed by atoms with E-state index in [0.29, 0.717) is 30.8 Å². The predicted octanol–water partition coefficient (Wildman–Crippen LogP) is 0.969. The Morgan fingerprint density at radius 3 is 2.57 bits per heavy atom. The second-order valence-corrected chi connectivity index (χ2v) is 9.56. The van der Waals surface area contributed by atoms with Crippen molar-refractivity contribution >= 4 is 21.6 Å². The van der Waals surface area contributed by atoms with Gasteiger partial charge >= 0.3 is 0 Å². The number of quaternary nitrogens is 1. The highest BCUT2D eigenvalue weighted by atomic mass is 32.2. The fraction of sp³-hybridized carbons (Fsp3) is 0.381. The minimum atomic E-state index is -3.51. The van der Waals surface area contributed by atoms with Crippen molar-refractivity contribution in [2.45, 2.75) is 31.2 Å². The summed E-state index contributed by atoms with van der Waals surface area (Å²) in [6.45, 7) is 5.70. The molecule has 2 aromatic rings. The van der Waals surface area contributed by atoms with Crippen molar-refractivity contribution in [3.05, 3.63) is 59.2 Å². The zero-order valence-electron chi connectivity index (χ0n) is 16.1. The molecule has 28 heavy (non-hydrogen) atoms. The van der Waals surface area contributed by atoms with Crippen molar-refractivity contribution in [2.75, 3.05) is 31.5 Å². The van der Waals surface area contributed by atoms with Crippen molar-refractivity contribution in [1.82, 2.24) is 4.31 Å². The van der Waals surface area contributed by atoms with Gasteiger partial charge in [0.05, 0.1) is 31.1 Å². The zero-order valence-corrected chi connectivity index (χ0v) is 16.9. The summed E-state index contributed by atoms with van der Waals surface area (Å²) in [6, 6.07) is 13.4. The molecule has 0 bridgehead atoms. The van der Waals surface area contributed by atoms with E-state index in [1.807, 2.05) is 6.07 Å². The second-order valence-electron chi connectivity index (χ2n) is 7.62. The van der Waals surface area contributed by atoms with Crippen LogP contribution in [0.1, 0.15) is 23.1 Å². The lowest BCUT2D eigenvalue weighted by Gasteiger charge is -2.32. The fourth-order valence-corrected chi connectivity index (χ4v) is 5.46. The standard InChI is InChI=1S/C21H25N3O3S/c1-16-4-2-3-5-18(16)15-23-10-12-24(13-11-23)28(26,27)19-7-8-20-17(14-19)6-9-21(25)22-20/h2-5,7-8,14H,6,9-13,15H2,1H3,(H,22,25)/p+1. The number of carbonyl (C=O) groups is 1.